The number of hydrogen-bond donors (Lipinski definition) is 0. The van der Waals surface area contributed by atoms with Crippen LogP contribution in [0.25, 0.3) is 11.3 Å². The third-order valence-corrected chi connectivity index (χ3v) is 4.54. The number of anilines is 1. The number of non-ortho nitro benzene ring substituents is 1. The lowest BCUT2D eigenvalue weighted by Crippen LogP contribution is -2.44. The first-order valence-corrected chi connectivity index (χ1v) is 7.65. The highest BCUT2D eigenvalue weighted by atomic mass is 32.1. The minimum Gasteiger partial charge on any atom is -0.346 e. The summed E-state index contributed by atoms with van der Waals surface area (Å²) in [4.78, 5) is 19.5. The maximum absolute atomic E-state index is 10.7. The van der Waals surface area contributed by atoms with Crippen LogP contribution >= 0.6 is 11.3 Å². The van der Waals surface area contributed by atoms with E-state index in [9.17, 15) is 10.1 Å². The summed E-state index contributed by atoms with van der Waals surface area (Å²) in [6, 6.07) is 6.54. The summed E-state index contributed by atoms with van der Waals surface area (Å²) < 4.78 is 0. The smallest absolute Gasteiger partial charge is 0.269 e. The standard InChI is InChI=1S/C14H16N4O2S/c1-16-6-8-17(9-7-16)14-15-13(10-21-14)11-2-4-12(5-3-11)18(19)20/h2-5,10H,6-9H2,1H3. The van der Waals surface area contributed by atoms with Crippen LogP contribution in [-0.4, -0.2) is 48.0 Å². The molecule has 1 aliphatic heterocycles. The van der Waals surface area contributed by atoms with Gasteiger partial charge in [-0.1, -0.05) is 0 Å². The minimum atomic E-state index is -0.388. The van der Waals surface area contributed by atoms with Gasteiger partial charge in [0.15, 0.2) is 5.13 Å². The Morgan fingerprint density at radius 1 is 1.19 bits per heavy atom. The van der Waals surface area contributed by atoms with E-state index >= 15 is 0 Å². The van der Waals surface area contributed by atoms with E-state index in [-0.39, 0.29) is 10.6 Å². The molecule has 110 valence electrons. The maximum Gasteiger partial charge on any atom is 0.269 e. The van der Waals surface area contributed by atoms with Crippen molar-refractivity contribution < 1.29 is 4.92 Å². The number of likely N-dealkylation sites (N-methyl/N-ethyl adjacent to an activating group) is 1. The van der Waals surface area contributed by atoms with E-state index in [4.69, 9.17) is 0 Å². The first-order chi connectivity index (χ1) is 10.1. The van der Waals surface area contributed by atoms with Crippen molar-refractivity contribution >= 4 is 22.2 Å². The van der Waals surface area contributed by atoms with E-state index in [1.54, 1.807) is 23.5 Å². The summed E-state index contributed by atoms with van der Waals surface area (Å²) in [5, 5.41) is 13.7. The van der Waals surface area contributed by atoms with Crippen LogP contribution in [0.2, 0.25) is 0 Å². The van der Waals surface area contributed by atoms with Crippen LogP contribution in [-0.2, 0) is 0 Å². The highest BCUT2D eigenvalue weighted by molar-refractivity contribution is 7.14. The predicted octanol–water partition coefficient (Wildman–Crippen LogP) is 2.47. The molecule has 1 saturated heterocycles. The quantitative estimate of drug-likeness (QED) is 0.644. The first kappa shape index (κ1) is 14.0. The van der Waals surface area contributed by atoms with Gasteiger partial charge in [-0.2, -0.15) is 0 Å². The zero-order chi connectivity index (χ0) is 14.8. The summed E-state index contributed by atoms with van der Waals surface area (Å²) in [6.45, 7) is 4.08. The number of thiazole rings is 1. The van der Waals surface area contributed by atoms with E-state index in [1.165, 1.54) is 12.1 Å². The summed E-state index contributed by atoms with van der Waals surface area (Å²) >= 11 is 1.63. The molecule has 0 amide bonds. The summed E-state index contributed by atoms with van der Waals surface area (Å²) in [5.41, 5.74) is 1.90. The topological polar surface area (TPSA) is 62.5 Å². The molecular formula is C14H16N4O2S. The number of hydrogen-bond acceptors (Lipinski definition) is 6. The van der Waals surface area contributed by atoms with Crippen molar-refractivity contribution in [3.05, 3.63) is 39.8 Å². The van der Waals surface area contributed by atoms with Crippen LogP contribution in [0, 0.1) is 10.1 Å². The second kappa shape index (κ2) is 5.79. The Bertz CT molecular complexity index is 633. The van der Waals surface area contributed by atoms with Gasteiger partial charge in [-0.3, -0.25) is 10.1 Å². The zero-order valence-corrected chi connectivity index (χ0v) is 12.5. The molecule has 1 fully saturated rings. The van der Waals surface area contributed by atoms with Gasteiger partial charge < -0.3 is 9.80 Å². The molecule has 0 aliphatic carbocycles. The monoisotopic (exact) mass is 304 g/mol. The van der Waals surface area contributed by atoms with Crippen LogP contribution in [0.1, 0.15) is 0 Å². The zero-order valence-electron chi connectivity index (χ0n) is 11.7. The lowest BCUT2D eigenvalue weighted by Gasteiger charge is -2.32. The van der Waals surface area contributed by atoms with Crippen molar-refractivity contribution in [2.75, 3.05) is 38.1 Å². The van der Waals surface area contributed by atoms with Gasteiger partial charge in [-0.05, 0) is 19.2 Å². The lowest BCUT2D eigenvalue weighted by atomic mass is 10.1. The van der Waals surface area contributed by atoms with Crippen molar-refractivity contribution in [2.45, 2.75) is 0 Å². The molecule has 1 aliphatic rings. The molecule has 6 nitrogen and oxygen atoms in total. The lowest BCUT2D eigenvalue weighted by molar-refractivity contribution is -0.384. The molecular weight excluding hydrogens is 288 g/mol. The van der Waals surface area contributed by atoms with Gasteiger partial charge in [-0.15, -0.1) is 11.3 Å². The Kier molecular flexibility index (Phi) is 3.85. The number of nitrogens with zero attached hydrogens (tertiary/aromatic N) is 4. The molecule has 3 rings (SSSR count). The van der Waals surface area contributed by atoms with Crippen molar-refractivity contribution in [2.24, 2.45) is 0 Å². The largest absolute Gasteiger partial charge is 0.346 e. The van der Waals surface area contributed by atoms with Crippen LogP contribution in [0.4, 0.5) is 10.8 Å². The Balaban J connectivity index is 1.76. The van der Waals surface area contributed by atoms with E-state index in [0.29, 0.717) is 0 Å². The van der Waals surface area contributed by atoms with Crippen LogP contribution in [0.5, 0.6) is 0 Å². The second-order valence-electron chi connectivity index (χ2n) is 5.11. The van der Waals surface area contributed by atoms with Gasteiger partial charge in [-0.25, -0.2) is 4.98 Å². The van der Waals surface area contributed by atoms with E-state index in [0.717, 1.165) is 42.6 Å². The van der Waals surface area contributed by atoms with Crippen molar-refractivity contribution in [3.63, 3.8) is 0 Å². The second-order valence-corrected chi connectivity index (χ2v) is 5.95. The van der Waals surface area contributed by atoms with Crippen LogP contribution < -0.4 is 4.90 Å². The van der Waals surface area contributed by atoms with Crippen molar-refractivity contribution in [1.82, 2.24) is 9.88 Å². The first-order valence-electron chi connectivity index (χ1n) is 6.77. The highest BCUT2D eigenvalue weighted by Gasteiger charge is 2.17. The fraction of sp³-hybridized carbons (Fsp3) is 0.357. The molecule has 0 radical (unpaired) electrons. The van der Waals surface area contributed by atoms with Gasteiger partial charge in [0.2, 0.25) is 0 Å². The normalized spacial score (nSPS) is 16.1. The number of aromatic nitrogens is 1. The number of piperazine rings is 1. The van der Waals surface area contributed by atoms with Crippen LogP contribution in [0.3, 0.4) is 0 Å². The molecule has 1 aromatic heterocycles. The predicted molar refractivity (Wildman–Crippen MR) is 83.9 cm³/mol. The molecule has 0 bridgehead atoms. The van der Waals surface area contributed by atoms with Crippen molar-refractivity contribution in [3.8, 4) is 11.3 Å². The molecule has 0 atom stereocenters. The summed E-state index contributed by atoms with van der Waals surface area (Å²) in [5.74, 6) is 0. The molecule has 2 aromatic rings. The van der Waals surface area contributed by atoms with Gasteiger partial charge >= 0.3 is 0 Å². The van der Waals surface area contributed by atoms with E-state index < -0.39 is 0 Å². The maximum atomic E-state index is 10.7. The number of nitro groups is 1. The van der Waals surface area contributed by atoms with Gasteiger partial charge in [0.1, 0.15) is 0 Å². The molecule has 0 N–H and O–H groups in total. The molecule has 7 heteroatoms. The molecule has 0 saturated carbocycles. The van der Waals surface area contributed by atoms with E-state index in [1.807, 2.05) is 5.38 Å². The molecule has 1 aromatic carbocycles. The fourth-order valence-corrected chi connectivity index (χ4v) is 3.18. The van der Waals surface area contributed by atoms with Gasteiger partial charge in [0.25, 0.3) is 5.69 Å². The van der Waals surface area contributed by atoms with Gasteiger partial charge in [0.05, 0.1) is 10.6 Å². The molecule has 21 heavy (non-hydrogen) atoms. The molecule has 2 heterocycles. The van der Waals surface area contributed by atoms with Crippen LogP contribution in [0.15, 0.2) is 29.6 Å². The number of benzene rings is 1. The Hall–Kier alpha value is -1.99. The number of rotatable bonds is 3. The highest BCUT2D eigenvalue weighted by Crippen LogP contribution is 2.29. The third-order valence-electron chi connectivity index (χ3n) is 3.64. The SMILES string of the molecule is CN1CCN(c2nc(-c3ccc([N+](=O)[O-])cc3)cs2)CC1. The summed E-state index contributed by atoms with van der Waals surface area (Å²) in [6.07, 6.45) is 0. The average Bonchev–Trinajstić information content (AvgIpc) is 2.98. The summed E-state index contributed by atoms with van der Waals surface area (Å²) in [7, 11) is 2.13. The Morgan fingerprint density at radius 2 is 1.86 bits per heavy atom. The molecule has 0 spiro atoms. The van der Waals surface area contributed by atoms with Gasteiger partial charge in [0, 0.05) is 49.3 Å². The minimum absolute atomic E-state index is 0.105. The molecule has 0 unspecified atom stereocenters. The third kappa shape index (κ3) is 3.03. The van der Waals surface area contributed by atoms with Crippen molar-refractivity contribution in [1.29, 1.82) is 0 Å². The number of nitro benzene ring substituents is 1. The average molecular weight is 304 g/mol. The van der Waals surface area contributed by atoms with E-state index in [2.05, 4.69) is 21.8 Å². The Morgan fingerprint density at radius 3 is 2.48 bits per heavy atom. The Labute approximate surface area is 126 Å². The fourth-order valence-electron chi connectivity index (χ4n) is 2.29.